The third kappa shape index (κ3) is 3.23. The van der Waals surface area contributed by atoms with E-state index in [1.165, 1.54) is 17.6 Å². The Morgan fingerprint density at radius 1 is 1.33 bits per heavy atom. The van der Waals surface area contributed by atoms with Crippen LogP contribution in [0.25, 0.3) is 10.2 Å². The highest BCUT2D eigenvalue weighted by molar-refractivity contribution is 7.18. The number of rotatable bonds is 7. The maximum Gasteiger partial charge on any atom is 0.305 e. The first-order chi connectivity index (χ1) is 11.7. The van der Waals surface area contributed by atoms with Crippen LogP contribution >= 0.6 is 11.3 Å². The van der Waals surface area contributed by atoms with Crippen molar-refractivity contribution in [2.24, 2.45) is 0 Å². The van der Waals surface area contributed by atoms with Crippen molar-refractivity contribution in [2.75, 3.05) is 20.8 Å². The first-order valence-corrected chi connectivity index (χ1v) is 9.07. The standard InChI is InChI=1S/C17H22N2O4S/c1-22-10-8-13-18-16-15(11-5-3-6-12(11)24-16)17(21)19(13)9-4-7-14(20)23-2/h3-10H2,1-2H3. The summed E-state index contributed by atoms with van der Waals surface area (Å²) in [5.41, 5.74) is 1.21. The predicted molar refractivity (Wildman–Crippen MR) is 92.7 cm³/mol. The normalized spacial score (nSPS) is 13.4. The number of hydrogen-bond acceptors (Lipinski definition) is 6. The molecule has 0 fully saturated rings. The Bertz CT molecular complexity index is 809. The number of aryl methyl sites for hydroxylation is 2. The minimum Gasteiger partial charge on any atom is -0.469 e. The van der Waals surface area contributed by atoms with Crippen LogP contribution in [0.2, 0.25) is 0 Å². The van der Waals surface area contributed by atoms with Crippen LogP contribution in [0.15, 0.2) is 4.79 Å². The van der Waals surface area contributed by atoms with Gasteiger partial charge in [0, 0.05) is 31.4 Å². The van der Waals surface area contributed by atoms with Crippen molar-refractivity contribution in [2.45, 2.75) is 45.1 Å². The summed E-state index contributed by atoms with van der Waals surface area (Å²) in [5, 5.41) is 0.784. The molecule has 1 aliphatic rings. The highest BCUT2D eigenvalue weighted by atomic mass is 32.1. The van der Waals surface area contributed by atoms with Crippen LogP contribution in [0.4, 0.5) is 0 Å². The summed E-state index contributed by atoms with van der Waals surface area (Å²) in [4.78, 5) is 31.3. The van der Waals surface area contributed by atoms with Gasteiger partial charge in [-0.3, -0.25) is 14.2 Å². The van der Waals surface area contributed by atoms with E-state index in [1.54, 1.807) is 23.0 Å². The lowest BCUT2D eigenvalue weighted by Crippen LogP contribution is -2.26. The Hall–Kier alpha value is -1.73. The van der Waals surface area contributed by atoms with E-state index in [2.05, 4.69) is 4.74 Å². The molecule has 0 aromatic carbocycles. The number of aromatic nitrogens is 2. The summed E-state index contributed by atoms with van der Waals surface area (Å²) in [6.07, 6.45) is 4.57. The quantitative estimate of drug-likeness (QED) is 0.715. The molecule has 0 amide bonds. The van der Waals surface area contributed by atoms with Crippen molar-refractivity contribution in [1.29, 1.82) is 0 Å². The lowest BCUT2D eigenvalue weighted by Gasteiger charge is -2.12. The fourth-order valence-corrected chi connectivity index (χ4v) is 4.49. The topological polar surface area (TPSA) is 70.4 Å². The van der Waals surface area contributed by atoms with Crippen molar-refractivity contribution < 1.29 is 14.3 Å². The third-order valence-corrected chi connectivity index (χ3v) is 5.61. The molecule has 0 radical (unpaired) electrons. The van der Waals surface area contributed by atoms with E-state index in [-0.39, 0.29) is 11.5 Å². The van der Waals surface area contributed by atoms with Gasteiger partial charge in [-0.1, -0.05) is 0 Å². The van der Waals surface area contributed by atoms with Crippen LogP contribution in [-0.2, 0) is 40.1 Å². The van der Waals surface area contributed by atoms with Gasteiger partial charge in [0.15, 0.2) is 0 Å². The second-order valence-corrected chi connectivity index (χ2v) is 7.03. The second-order valence-electron chi connectivity index (χ2n) is 5.94. The van der Waals surface area contributed by atoms with Crippen LogP contribution in [-0.4, -0.2) is 36.3 Å². The molecule has 0 bridgehead atoms. The van der Waals surface area contributed by atoms with Gasteiger partial charge < -0.3 is 9.47 Å². The van der Waals surface area contributed by atoms with Gasteiger partial charge in [0.05, 0.1) is 19.1 Å². The number of carbonyl (C=O) groups excluding carboxylic acids is 1. The van der Waals surface area contributed by atoms with Gasteiger partial charge in [0.1, 0.15) is 10.7 Å². The highest BCUT2D eigenvalue weighted by Gasteiger charge is 2.23. The molecule has 0 spiro atoms. The summed E-state index contributed by atoms with van der Waals surface area (Å²) in [6, 6.07) is 0. The van der Waals surface area contributed by atoms with Gasteiger partial charge in [-0.15, -0.1) is 11.3 Å². The number of methoxy groups -OCH3 is 2. The maximum absolute atomic E-state index is 13.1. The molecule has 7 heteroatoms. The van der Waals surface area contributed by atoms with Crippen LogP contribution in [0, 0.1) is 0 Å². The highest BCUT2D eigenvalue weighted by Crippen LogP contribution is 2.34. The monoisotopic (exact) mass is 350 g/mol. The molecule has 0 saturated carbocycles. The fourth-order valence-electron chi connectivity index (χ4n) is 3.22. The SMILES string of the molecule is COCCc1nc2sc3c(c2c(=O)n1CCCC(=O)OC)CCC3. The summed E-state index contributed by atoms with van der Waals surface area (Å²) in [5.74, 6) is 0.478. The number of nitrogens with zero attached hydrogens (tertiary/aromatic N) is 2. The average molecular weight is 350 g/mol. The first kappa shape index (κ1) is 17.1. The van der Waals surface area contributed by atoms with E-state index in [4.69, 9.17) is 9.72 Å². The van der Waals surface area contributed by atoms with E-state index < -0.39 is 0 Å². The van der Waals surface area contributed by atoms with Crippen LogP contribution < -0.4 is 5.56 Å². The van der Waals surface area contributed by atoms with Gasteiger partial charge >= 0.3 is 5.97 Å². The van der Waals surface area contributed by atoms with Crippen molar-refractivity contribution in [3.8, 4) is 0 Å². The van der Waals surface area contributed by atoms with Crippen molar-refractivity contribution in [3.05, 3.63) is 26.6 Å². The van der Waals surface area contributed by atoms with Crippen LogP contribution in [0.5, 0.6) is 0 Å². The van der Waals surface area contributed by atoms with Crippen molar-refractivity contribution in [1.82, 2.24) is 9.55 Å². The zero-order valence-electron chi connectivity index (χ0n) is 14.1. The Kier molecular flexibility index (Phi) is 5.30. The average Bonchev–Trinajstić information content (AvgIpc) is 3.15. The van der Waals surface area contributed by atoms with E-state index in [0.29, 0.717) is 32.4 Å². The minimum absolute atomic E-state index is 0.0235. The zero-order valence-corrected chi connectivity index (χ0v) is 14.9. The predicted octanol–water partition coefficient (Wildman–Crippen LogP) is 2.09. The smallest absolute Gasteiger partial charge is 0.305 e. The molecule has 2 aromatic heterocycles. The summed E-state index contributed by atoms with van der Waals surface area (Å²) < 4.78 is 11.5. The van der Waals surface area contributed by atoms with E-state index in [9.17, 15) is 9.59 Å². The lowest BCUT2D eigenvalue weighted by atomic mass is 10.2. The third-order valence-electron chi connectivity index (χ3n) is 4.42. The van der Waals surface area contributed by atoms with Crippen LogP contribution in [0.1, 0.15) is 35.5 Å². The Labute approximate surface area is 144 Å². The van der Waals surface area contributed by atoms with Crippen molar-refractivity contribution in [3.63, 3.8) is 0 Å². The summed E-state index contributed by atoms with van der Waals surface area (Å²) in [7, 11) is 3.01. The van der Waals surface area contributed by atoms with Gasteiger partial charge in [-0.2, -0.15) is 0 Å². The van der Waals surface area contributed by atoms with Gasteiger partial charge in [0.2, 0.25) is 0 Å². The molecule has 0 aliphatic heterocycles. The van der Waals surface area contributed by atoms with Gasteiger partial charge in [-0.05, 0) is 31.2 Å². The number of hydrogen-bond donors (Lipinski definition) is 0. The van der Waals surface area contributed by atoms with Crippen LogP contribution in [0.3, 0.4) is 0 Å². The van der Waals surface area contributed by atoms with E-state index in [0.717, 1.165) is 35.3 Å². The molecule has 130 valence electrons. The Morgan fingerprint density at radius 2 is 2.17 bits per heavy atom. The van der Waals surface area contributed by atoms with E-state index in [1.807, 2.05) is 0 Å². The summed E-state index contributed by atoms with van der Waals surface area (Å²) in [6.45, 7) is 0.987. The molecule has 6 nitrogen and oxygen atoms in total. The first-order valence-electron chi connectivity index (χ1n) is 8.25. The van der Waals surface area contributed by atoms with Gasteiger partial charge in [0.25, 0.3) is 5.56 Å². The Balaban J connectivity index is 1.97. The lowest BCUT2D eigenvalue weighted by molar-refractivity contribution is -0.140. The number of esters is 1. The molecule has 2 heterocycles. The molecular weight excluding hydrogens is 328 g/mol. The molecule has 3 rings (SSSR count). The zero-order chi connectivity index (χ0) is 17.1. The number of thiophene rings is 1. The molecule has 2 aromatic rings. The number of fused-ring (bicyclic) bond motifs is 3. The Morgan fingerprint density at radius 3 is 2.92 bits per heavy atom. The molecular formula is C17H22N2O4S. The number of ether oxygens (including phenoxy) is 2. The molecule has 0 unspecified atom stereocenters. The van der Waals surface area contributed by atoms with E-state index >= 15 is 0 Å². The van der Waals surface area contributed by atoms with Crippen molar-refractivity contribution >= 4 is 27.5 Å². The number of carbonyl (C=O) groups is 1. The summed E-state index contributed by atoms with van der Waals surface area (Å²) >= 11 is 1.65. The van der Waals surface area contributed by atoms with Gasteiger partial charge in [-0.25, -0.2) is 4.98 Å². The molecule has 0 atom stereocenters. The largest absolute Gasteiger partial charge is 0.469 e. The molecule has 1 aliphatic carbocycles. The molecule has 24 heavy (non-hydrogen) atoms. The fraction of sp³-hybridized carbons (Fsp3) is 0.588. The minimum atomic E-state index is -0.257. The maximum atomic E-state index is 13.1. The molecule has 0 saturated heterocycles. The molecule has 0 N–H and O–H groups in total. The second kappa shape index (κ2) is 7.44.